The smallest absolute Gasteiger partial charge is 0.243 e. The van der Waals surface area contributed by atoms with E-state index in [0.29, 0.717) is 11.6 Å². The number of ether oxygens (including phenoxy) is 1. The first kappa shape index (κ1) is 27.8. The van der Waals surface area contributed by atoms with Crippen LogP contribution in [0.3, 0.4) is 0 Å². The number of hydrogen-bond donors (Lipinski definition) is 1. The van der Waals surface area contributed by atoms with Crippen molar-refractivity contribution < 1.29 is 17.9 Å². The van der Waals surface area contributed by atoms with E-state index in [1.54, 1.807) is 31.4 Å². The van der Waals surface area contributed by atoms with Crippen molar-refractivity contribution in [2.45, 2.75) is 64.9 Å². The number of anilines is 1. The number of sulfonamides is 1. The maximum atomic E-state index is 13.1. The molecule has 0 unspecified atom stereocenters. The minimum Gasteiger partial charge on any atom is -0.497 e. The van der Waals surface area contributed by atoms with Gasteiger partial charge in [0.15, 0.2) is 5.13 Å². The molecule has 1 aromatic heterocycles. The molecule has 0 radical (unpaired) electrons. The number of carbonyl (C=O) groups is 1. The summed E-state index contributed by atoms with van der Waals surface area (Å²) < 4.78 is 32.9. The third-order valence-electron chi connectivity index (χ3n) is 5.89. The van der Waals surface area contributed by atoms with Crippen molar-refractivity contribution in [3.8, 4) is 17.0 Å². The van der Waals surface area contributed by atoms with Crippen molar-refractivity contribution >= 4 is 32.4 Å². The molecule has 0 bridgehead atoms. The highest BCUT2D eigenvalue weighted by molar-refractivity contribution is 7.89. The molecule has 0 aliphatic rings. The summed E-state index contributed by atoms with van der Waals surface area (Å²) in [5.41, 5.74) is 1.88. The molecule has 0 spiro atoms. The van der Waals surface area contributed by atoms with E-state index >= 15 is 0 Å². The normalized spacial score (nSPS) is 12.4. The van der Waals surface area contributed by atoms with Crippen LogP contribution in [0.1, 0.15) is 47.1 Å². The Kier molecular flexibility index (Phi) is 8.59. The molecule has 0 saturated carbocycles. The Bertz CT molecular complexity index is 1270. The van der Waals surface area contributed by atoms with Crippen molar-refractivity contribution in [1.29, 1.82) is 0 Å². The highest BCUT2D eigenvalue weighted by atomic mass is 32.2. The fourth-order valence-electron chi connectivity index (χ4n) is 4.13. The summed E-state index contributed by atoms with van der Waals surface area (Å²) in [5, 5.41) is 5.37. The number of benzene rings is 2. The number of amides is 1. The van der Waals surface area contributed by atoms with Gasteiger partial charge in [0.1, 0.15) is 5.75 Å². The molecule has 0 saturated heterocycles. The lowest BCUT2D eigenvalue weighted by Gasteiger charge is -2.29. The molecular formula is C27H35N3O4S2. The summed E-state index contributed by atoms with van der Waals surface area (Å²) in [6.45, 7) is 11.2. The Morgan fingerprint density at radius 3 is 2.14 bits per heavy atom. The molecule has 36 heavy (non-hydrogen) atoms. The number of thiazole rings is 1. The number of aromatic nitrogens is 1. The zero-order valence-electron chi connectivity index (χ0n) is 21.9. The van der Waals surface area contributed by atoms with Crippen LogP contribution in [-0.4, -0.2) is 42.8 Å². The SMILES string of the molecule is COc1ccc(-c2csc(NC(=O)C(C)(C)Cc3ccc(S(=O)(=O)N(C(C)C)C(C)C)cc3)n2)cc1. The van der Waals surface area contributed by atoms with Gasteiger partial charge in [-0.05, 0) is 76.1 Å². The van der Waals surface area contributed by atoms with Crippen LogP contribution in [0.25, 0.3) is 11.3 Å². The van der Waals surface area contributed by atoms with Crippen LogP contribution in [0.4, 0.5) is 5.13 Å². The molecular weight excluding hydrogens is 494 g/mol. The molecule has 0 aliphatic carbocycles. The van der Waals surface area contributed by atoms with Gasteiger partial charge in [-0.3, -0.25) is 4.79 Å². The Morgan fingerprint density at radius 1 is 1.03 bits per heavy atom. The number of hydrogen-bond acceptors (Lipinski definition) is 6. The van der Waals surface area contributed by atoms with Crippen LogP contribution in [0.2, 0.25) is 0 Å². The fourth-order valence-corrected chi connectivity index (χ4v) is 6.68. The van der Waals surface area contributed by atoms with Gasteiger partial charge < -0.3 is 10.1 Å². The third-order valence-corrected chi connectivity index (χ3v) is 8.91. The number of methoxy groups -OCH3 is 1. The molecule has 0 fully saturated rings. The Balaban J connectivity index is 1.69. The molecule has 194 valence electrons. The number of carbonyl (C=O) groups excluding carboxylic acids is 1. The van der Waals surface area contributed by atoms with Crippen LogP contribution in [-0.2, 0) is 21.2 Å². The molecule has 1 amide bonds. The molecule has 0 aliphatic heterocycles. The minimum atomic E-state index is -3.60. The number of rotatable bonds is 10. The highest BCUT2D eigenvalue weighted by Crippen LogP contribution is 2.30. The molecule has 1 N–H and O–H groups in total. The standard InChI is InChI=1S/C27H35N3O4S2/c1-18(2)30(19(3)4)36(32,33)23-14-8-20(9-15-23)16-27(5,6)25(31)29-26-28-24(17-35-26)21-10-12-22(34-7)13-11-21/h8-15,17-19H,16H2,1-7H3,(H,28,29,31). The highest BCUT2D eigenvalue weighted by Gasteiger charge is 2.31. The molecule has 3 aromatic rings. The molecule has 1 heterocycles. The summed E-state index contributed by atoms with van der Waals surface area (Å²) in [5.74, 6) is 0.618. The van der Waals surface area contributed by atoms with Crippen LogP contribution in [0, 0.1) is 5.41 Å². The van der Waals surface area contributed by atoms with Gasteiger partial charge in [0.05, 0.1) is 17.7 Å². The van der Waals surface area contributed by atoms with Gasteiger partial charge in [0, 0.05) is 28.4 Å². The average Bonchev–Trinajstić information content (AvgIpc) is 3.27. The van der Waals surface area contributed by atoms with Gasteiger partial charge in [-0.2, -0.15) is 4.31 Å². The largest absolute Gasteiger partial charge is 0.497 e. The van der Waals surface area contributed by atoms with E-state index in [4.69, 9.17) is 4.74 Å². The van der Waals surface area contributed by atoms with Crippen molar-refractivity contribution in [1.82, 2.24) is 9.29 Å². The molecule has 0 atom stereocenters. The first-order valence-corrected chi connectivity index (χ1v) is 14.2. The van der Waals surface area contributed by atoms with E-state index in [1.165, 1.54) is 15.6 Å². The van der Waals surface area contributed by atoms with Crippen molar-refractivity contribution in [2.75, 3.05) is 12.4 Å². The monoisotopic (exact) mass is 529 g/mol. The van der Waals surface area contributed by atoms with Crippen LogP contribution in [0.15, 0.2) is 58.8 Å². The quantitative estimate of drug-likeness (QED) is 0.357. The summed E-state index contributed by atoms with van der Waals surface area (Å²) in [4.78, 5) is 17.9. The van der Waals surface area contributed by atoms with E-state index in [2.05, 4.69) is 10.3 Å². The van der Waals surface area contributed by atoms with E-state index in [1.807, 2.05) is 71.2 Å². The van der Waals surface area contributed by atoms with E-state index in [-0.39, 0.29) is 22.9 Å². The Morgan fingerprint density at radius 2 is 1.61 bits per heavy atom. The minimum absolute atomic E-state index is 0.145. The van der Waals surface area contributed by atoms with Crippen molar-refractivity contribution in [2.24, 2.45) is 5.41 Å². The molecule has 7 nitrogen and oxygen atoms in total. The Labute approximate surface area is 218 Å². The van der Waals surface area contributed by atoms with Crippen LogP contribution >= 0.6 is 11.3 Å². The first-order chi connectivity index (χ1) is 16.8. The lowest BCUT2D eigenvalue weighted by atomic mass is 9.85. The van der Waals surface area contributed by atoms with Crippen LogP contribution < -0.4 is 10.1 Å². The van der Waals surface area contributed by atoms with Gasteiger partial charge in [0.25, 0.3) is 0 Å². The molecule has 9 heteroatoms. The van der Waals surface area contributed by atoms with Gasteiger partial charge >= 0.3 is 0 Å². The second kappa shape index (κ2) is 11.1. The van der Waals surface area contributed by atoms with Crippen LogP contribution in [0.5, 0.6) is 5.75 Å². The lowest BCUT2D eigenvalue weighted by Crippen LogP contribution is -2.41. The number of nitrogens with zero attached hydrogens (tertiary/aromatic N) is 2. The van der Waals surface area contributed by atoms with E-state index in [0.717, 1.165) is 22.6 Å². The first-order valence-electron chi connectivity index (χ1n) is 11.9. The molecule has 3 rings (SSSR count). The average molecular weight is 530 g/mol. The summed E-state index contributed by atoms with van der Waals surface area (Å²) in [6, 6.07) is 14.1. The van der Waals surface area contributed by atoms with Gasteiger partial charge in [-0.1, -0.05) is 26.0 Å². The summed E-state index contributed by atoms with van der Waals surface area (Å²) in [6.07, 6.45) is 0.452. The molecule has 2 aromatic carbocycles. The van der Waals surface area contributed by atoms with Crippen molar-refractivity contribution in [3.63, 3.8) is 0 Å². The predicted molar refractivity (Wildman–Crippen MR) is 146 cm³/mol. The zero-order valence-corrected chi connectivity index (χ0v) is 23.5. The van der Waals surface area contributed by atoms with E-state index in [9.17, 15) is 13.2 Å². The van der Waals surface area contributed by atoms with Crippen molar-refractivity contribution in [3.05, 3.63) is 59.5 Å². The zero-order chi connectivity index (χ0) is 26.7. The summed E-state index contributed by atoms with van der Waals surface area (Å²) in [7, 11) is -1.98. The van der Waals surface area contributed by atoms with Gasteiger partial charge in [0.2, 0.25) is 15.9 Å². The fraction of sp³-hybridized carbons (Fsp3) is 0.407. The third kappa shape index (κ3) is 6.32. The summed E-state index contributed by atoms with van der Waals surface area (Å²) >= 11 is 1.37. The number of nitrogens with one attached hydrogen (secondary N) is 1. The van der Waals surface area contributed by atoms with E-state index < -0.39 is 15.4 Å². The topological polar surface area (TPSA) is 88.6 Å². The second-order valence-electron chi connectivity index (χ2n) is 9.95. The lowest BCUT2D eigenvalue weighted by molar-refractivity contribution is -0.123. The maximum Gasteiger partial charge on any atom is 0.243 e. The van der Waals surface area contributed by atoms with Gasteiger partial charge in [-0.15, -0.1) is 11.3 Å². The maximum absolute atomic E-state index is 13.1. The Hall–Kier alpha value is -2.75. The predicted octanol–water partition coefficient (Wildman–Crippen LogP) is 5.83. The second-order valence-corrected chi connectivity index (χ2v) is 12.6. The van der Waals surface area contributed by atoms with Gasteiger partial charge in [-0.25, -0.2) is 13.4 Å².